The molecule has 0 radical (unpaired) electrons. The van der Waals surface area contributed by atoms with Crippen molar-refractivity contribution in [1.82, 2.24) is 0 Å². The van der Waals surface area contributed by atoms with Gasteiger partial charge in [0.2, 0.25) is 0 Å². The van der Waals surface area contributed by atoms with Crippen LogP contribution in [-0.2, 0) is 6.54 Å². The van der Waals surface area contributed by atoms with E-state index in [0.29, 0.717) is 28.9 Å². The van der Waals surface area contributed by atoms with E-state index in [-0.39, 0.29) is 0 Å². The molecule has 5 heteroatoms. The summed E-state index contributed by atoms with van der Waals surface area (Å²) in [5, 5.41) is 4.98. The Kier molecular flexibility index (Phi) is 6.01. The first kappa shape index (κ1) is 17.0. The Labute approximate surface area is 145 Å². The minimum atomic E-state index is 0.360. The van der Waals surface area contributed by atoms with Crippen molar-refractivity contribution in [1.29, 1.82) is 0 Å². The molecule has 2 aromatic rings. The van der Waals surface area contributed by atoms with E-state index < -0.39 is 0 Å². The standard InChI is InChI=1S/C17H16Cl3NO/c1-3-6-22-17-15(19)7-12(8-16(17)20)10-21-13-5-4-11(2)14(18)9-13/h3-5,7-9,21H,1,6,10H2,2H3. The zero-order chi connectivity index (χ0) is 16.1. The van der Waals surface area contributed by atoms with Crippen molar-refractivity contribution in [3.05, 3.63) is 69.2 Å². The van der Waals surface area contributed by atoms with Gasteiger partial charge in [-0.2, -0.15) is 0 Å². The van der Waals surface area contributed by atoms with Crippen LogP contribution in [0.4, 0.5) is 5.69 Å². The largest absolute Gasteiger partial charge is 0.486 e. The van der Waals surface area contributed by atoms with E-state index in [1.54, 1.807) is 6.08 Å². The second-order valence-corrected chi connectivity index (χ2v) is 6.03. The zero-order valence-corrected chi connectivity index (χ0v) is 14.4. The number of hydrogen-bond acceptors (Lipinski definition) is 2. The molecule has 0 spiro atoms. The van der Waals surface area contributed by atoms with Crippen molar-refractivity contribution >= 4 is 40.5 Å². The van der Waals surface area contributed by atoms with Crippen LogP contribution in [0.3, 0.4) is 0 Å². The lowest BCUT2D eigenvalue weighted by atomic mass is 10.2. The molecule has 0 aliphatic carbocycles. The van der Waals surface area contributed by atoms with Crippen molar-refractivity contribution in [3.63, 3.8) is 0 Å². The predicted octanol–water partition coefficient (Wildman–Crippen LogP) is 6.13. The summed E-state index contributed by atoms with van der Waals surface area (Å²) < 4.78 is 5.44. The van der Waals surface area contributed by atoms with Gasteiger partial charge in [-0.05, 0) is 42.3 Å². The van der Waals surface area contributed by atoms with Gasteiger partial charge in [0, 0.05) is 17.3 Å². The van der Waals surface area contributed by atoms with Gasteiger partial charge in [-0.1, -0.05) is 53.5 Å². The normalized spacial score (nSPS) is 10.4. The van der Waals surface area contributed by atoms with Crippen LogP contribution in [-0.4, -0.2) is 6.61 Å². The highest BCUT2D eigenvalue weighted by atomic mass is 35.5. The zero-order valence-electron chi connectivity index (χ0n) is 12.1. The second kappa shape index (κ2) is 7.77. The monoisotopic (exact) mass is 355 g/mol. The van der Waals surface area contributed by atoms with Gasteiger partial charge in [0.15, 0.2) is 5.75 Å². The van der Waals surface area contributed by atoms with Gasteiger partial charge in [0.05, 0.1) is 10.0 Å². The number of benzene rings is 2. The maximum atomic E-state index is 6.21. The molecule has 0 bridgehead atoms. The highest BCUT2D eigenvalue weighted by Crippen LogP contribution is 2.34. The van der Waals surface area contributed by atoms with Gasteiger partial charge in [-0.25, -0.2) is 0 Å². The maximum Gasteiger partial charge on any atom is 0.156 e. The molecule has 0 aromatic heterocycles. The number of anilines is 1. The van der Waals surface area contributed by atoms with Crippen molar-refractivity contribution in [3.8, 4) is 5.75 Å². The molecule has 0 fully saturated rings. The maximum absolute atomic E-state index is 6.21. The first-order valence-corrected chi connectivity index (χ1v) is 7.86. The Morgan fingerprint density at radius 1 is 1.09 bits per heavy atom. The van der Waals surface area contributed by atoms with E-state index in [1.807, 2.05) is 37.3 Å². The van der Waals surface area contributed by atoms with Gasteiger partial charge >= 0.3 is 0 Å². The van der Waals surface area contributed by atoms with Crippen molar-refractivity contribution in [2.45, 2.75) is 13.5 Å². The average Bonchev–Trinajstić information content (AvgIpc) is 2.48. The SMILES string of the molecule is C=CCOc1c(Cl)cc(CNc2ccc(C)c(Cl)c2)cc1Cl. The fourth-order valence-electron chi connectivity index (χ4n) is 1.90. The molecule has 0 unspecified atom stereocenters. The molecule has 0 saturated heterocycles. The molecule has 116 valence electrons. The van der Waals surface area contributed by atoms with Crippen molar-refractivity contribution in [2.75, 3.05) is 11.9 Å². The summed E-state index contributed by atoms with van der Waals surface area (Å²) in [6.45, 7) is 6.51. The third kappa shape index (κ3) is 4.33. The molecule has 0 saturated carbocycles. The molecule has 2 rings (SSSR count). The summed E-state index contributed by atoms with van der Waals surface area (Å²) in [6.07, 6.45) is 1.64. The van der Waals surface area contributed by atoms with Crippen LogP contribution < -0.4 is 10.1 Å². The fraction of sp³-hybridized carbons (Fsp3) is 0.176. The van der Waals surface area contributed by atoms with E-state index >= 15 is 0 Å². The molecule has 1 N–H and O–H groups in total. The van der Waals surface area contributed by atoms with E-state index in [4.69, 9.17) is 39.5 Å². The van der Waals surface area contributed by atoms with Gasteiger partial charge in [0.1, 0.15) is 6.61 Å². The third-order valence-electron chi connectivity index (χ3n) is 3.07. The van der Waals surface area contributed by atoms with E-state index in [1.165, 1.54) is 0 Å². The molecule has 0 heterocycles. The molecule has 22 heavy (non-hydrogen) atoms. The summed E-state index contributed by atoms with van der Waals surface area (Å²) in [4.78, 5) is 0. The van der Waals surface area contributed by atoms with E-state index in [2.05, 4.69) is 11.9 Å². The Morgan fingerprint density at radius 3 is 2.36 bits per heavy atom. The minimum absolute atomic E-state index is 0.360. The highest BCUT2D eigenvalue weighted by Gasteiger charge is 2.09. The number of nitrogens with one attached hydrogen (secondary N) is 1. The van der Waals surface area contributed by atoms with Gasteiger partial charge < -0.3 is 10.1 Å². The fourth-order valence-corrected chi connectivity index (χ4v) is 2.72. The summed E-state index contributed by atoms with van der Waals surface area (Å²) in [7, 11) is 0. The number of hydrogen-bond donors (Lipinski definition) is 1. The number of halogens is 3. The van der Waals surface area contributed by atoms with Crippen LogP contribution in [0, 0.1) is 6.92 Å². The van der Waals surface area contributed by atoms with Crippen LogP contribution in [0.2, 0.25) is 15.1 Å². The highest BCUT2D eigenvalue weighted by molar-refractivity contribution is 6.37. The molecule has 2 aromatic carbocycles. The first-order valence-electron chi connectivity index (χ1n) is 6.73. The number of rotatable bonds is 6. The second-order valence-electron chi connectivity index (χ2n) is 4.81. The summed E-state index contributed by atoms with van der Waals surface area (Å²) in [5.74, 6) is 0.477. The third-order valence-corrected chi connectivity index (χ3v) is 4.04. The van der Waals surface area contributed by atoms with Crippen molar-refractivity contribution in [2.24, 2.45) is 0 Å². The van der Waals surface area contributed by atoms with E-state index in [9.17, 15) is 0 Å². The van der Waals surface area contributed by atoms with Gasteiger partial charge in [0.25, 0.3) is 0 Å². The molecule has 0 aliphatic rings. The molecular weight excluding hydrogens is 341 g/mol. The Morgan fingerprint density at radius 2 is 1.77 bits per heavy atom. The first-order chi connectivity index (χ1) is 10.5. The van der Waals surface area contributed by atoms with Crippen molar-refractivity contribution < 1.29 is 4.74 Å². The lowest BCUT2D eigenvalue weighted by Gasteiger charge is -2.12. The smallest absolute Gasteiger partial charge is 0.156 e. The van der Waals surface area contributed by atoms with Crippen LogP contribution >= 0.6 is 34.8 Å². The average molecular weight is 357 g/mol. The molecule has 0 aliphatic heterocycles. The predicted molar refractivity (Wildman–Crippen MR) is 95.7 cm³/mol. The minimum Gasteiger partial charge on any atom is -0.486 e. The van der Waals surface area contributed by atoms with Crippen LogP contribution in [0.25, 0.3) is 0 Å². The number of ether oxygens (including phenoxy) is 1. The van der Waals surface area contributed by atoms with Crippen LogP contribution in [0.15, 0.2) is 43.0 Å². The Bertz CT molecular complexity index is 663. The van der Waals surface area contributed by atoms with E-state index in [0.717, 1.165) is 21.8 Å². The van der Waals surface area contributed by atoms with Gasteiger partial charge in [-0.15, -0.1) is 0 Å². The quantitative estimate of drug-likeness (QED) is 0.628. The lowest BCUT2D eigenvalue weighted by molar-refractivity contribution is 0.363. The topological polar surface area (TPSA) is 21.3 Å². The van der Waals surface area contributed by atoms with Crippen LogP contribution in [0.5, 0.6) is 5.75 Å². The number of aryl methyl sites for hydroxylation is 1. The van der Waals surface area contributed by atoms with Gasteiger partial charge in [-0.3, -0.25) is 0 Å². The Balaban J connectivity index is 2.09. The Hall–Kier alpha value is -1.35. The summed E-state index contributed by atoms with van der Waals surface area (Å²) in [5.41, 5.74) is 2.94. The molecule has 2 nitrogen and oxygen atoms in total. The van der Waals surface area contributed by atoms with Crippen LogP contribution in [0.1, 0.15) is 11.1 Å². The summed E-state index contributed by atoms with van der Waals surface area (Å²) >= 11 is 18.5. The summed E-state index contributed by atoms with van der Waals surface area (Å²) in [6, 6.07) is 9.49. The lowest BCUT2D eigenvalue weighted by Crippen LogP contribution is -2.01. The molecule has 0 amide bonds. The molecular formula is C17H16Cl3NO. The molecule has 0 atom stereocenters.